The van der Waals surface area contributed by atoms with E-state index in [2.05, 4.69) is 39.8 Å². The van der Waals surface area contributed by atoms with Crippen LogP contribution in [0.15, 0.2) is 30.9 Å². The van der Waals surface area contributed by atoms with Gasteiger partial charge in [-0.1, -0.05) is 18.7 Å². The molecule has 0 bridgehead atoms. The lowest BCUT2D eigenvalue weighted by atomic mass is 10.0. The number of anilines is 1. The maximum absolute atomic E-state index is 5.94. The first kappa shape index (κ1) is 16.7. The van der Waals surface area contributed by atoms with Gasteiger partial charge in [-0.15, -0.1) is 0 Å². The summed E-state index contributed by atoms with van der Waals surface area (Å²) in [4.78, 5) is 1.17. The highest BCUT2D eigenvalue weighted by atomic mass is 32.1. The Morgan fingerprint density at radius 3 is 2.75 bits per heavy atom. The van der Waals surface area contributed by atoms with Crippen molar-refractivity contribution >= 4 is 29.5 Å². The molecule has 0 unspecified atom stereocenters. The van der Waals surface area contributed by atoms with Gasteiger partial charge >= 0.3 is 0 Å². The summed E-state index contributed by atoms with van der Waals surface area (Å²) in [7, 11) is 0. The highest BCUT2D eigenvalue weighted by molar-refractivity contribution is 7.09. The Labute approximate surface area is 147 Å². The van der Waals surface area contributed by atoms with Crippen molar-refractivity contribution in [3.63, 3.8) is 0 Å². The first-order valence-electron chi connectivity index (χ1n) is 8.31. The fraction of sp³-hybridized carbons (Fsp3) is 0.316. The van der Waals surface area contributed by atoms with Gasteiger partial charge in [0.05, 0.1) is 10.6 Å². The van der Waals surface area contributed by atoms with Crippen LogP contribution in [0.1, 0.15) is 18.5 Å². The molecule has 1 aromatic heterocycles. The van der Waals surface area contributed by atoms with Crippen molar-refractivity contribution in [3.8, 4) is 10.4 Å². The SMILES string of the molecule is C=C/C=c1/cc(-c2cc(C)ns2)cc(NC2CCNCC2)/c1=C/N. The zero-order valence-electron chi connectivity index (χ0n) is 14.0. The predicted molar refractivity (Wildman–Crippen MR) is 104 cm³/mol. The van der Waals surface area contributed by atoms with E-state index in [1.165, 1.54) is 16.4 Å². The second-order valence-electron chi connectivity index (χ2n) is 6.10. The number of hydrogen-bond donors (Lipinski definition) is 3. The second-order valence-corrected chi connectivity index (χ2v) is 6.90. The van der Waals surface area contributed by atoms with E-state index in [1.807, 2.05) is 13.0 Å². The average Bonchev–Trinajstić information content (AvgIpc) is 3.02. The Morgan fingerprint density at radius 2 is 2.12 bits per heavy atom. The molecule has 5 heteroatoms. The van der Waals surface area contributed by atoms with Gasteiger partial charge < -0.3 is 16.4 Å². The third-order valence-electron chi connectivity index (χ3n) is 4.29. The van der Waals surface area contributed by atoms with Gasteiger partial charge in [-0.2, -0.15) is 4.37 Å². The molecule has 24 heavy (non-hydrogen) atoms. The van der Waals surface area contributed by atoms with Crippen molar-refractivity contribution in [2.45, 2.75) is 25.8 Å². The molecule has 0 atom stereocenters. The van der Waals surface area contributed by atoms with E-state index >= 15 is 0 Å². The number of rotatable bonds is 4. The highest BCUT2D eigenvalue weighted by Crippen LogP contribution is 2.25. The summed E-state index contributed by atoms with van der Waals surface area (Å²) < 4.78 is 4.41. The number of nitrogens with one attached hydrogen (secondary N) is 2. The maximum atomic E-state index is 5.94. The second kappa shape index (κ2) is 7.64. The topological polar surface area (TPSA) is 63.0 Å². The van der Waals surface area contributed by atoms with E-state index in [-0.39, 0.29) is 0 Å². The molecule has 3 rings (SSSR count). The molecule has 0 spiro atoms. The van der Waals surface area contributed by atoms with Crippen LogP contribution in [0.2, 0.25) is 0 Å². The summed E-state index contributed by atoms with van der Waals surface area (Å²) in [6, 6.07) is 6.94. The van der Waals surface area contributed by atoms with Crippen molar-refractivity contribution in [1.82, 2.24) is 9.69 Å². The molecule has 1 fully saturated rings. The minimum Gasteiger partial charge on any atom is -0.404 e. The molecule has 4 nitrogen and oxygen atoms in total. The molecule has 0 radical (unpaired) electrons. The van der Waals surface area contributed by atoms with Gasteiger partial charge in [-0.05, 0) is 73.4 Å². The lowest BCUT2D eigenvalue weighted by Gasteiger charge is -2.25. The van der Waals surface area contributed by atoms with Crippen LogP contribution in [-0.2, 0) is 0 Å². The Bertz CT molecular complexity index is 832. The van der Waals surface area contributed by atoms with Gasteiger partial charge in [-0.3, -0.25) is 0 Å². The quantitative estimate of drug-likeness (QED) is 0.796. The third kappa shape index (κ3) is 3.68. The van der Waals surface area contributed by atoms with Crippen LogP contribution in [-0.4, -0.2) is 23.5 Å². The van der Waals surface area contributed by atoms with Crippen LogP contribution >= 0.6 is 11.5 Å². The Morgan fingerprint density at radius 1 is 1.33 bits per heavy atom. The summed E-state index contributed by atoms with van der Waals surface area (Å²) in [5, 5.41) is 9.20. The molecule has 2 heterocycles. The lowest BCUT2D eigenvalue weighted by molar-refractivity contribution is 0.479. The molecule has 0 aliphatic carbocycles. The molecule has 1 aliphatic rings. The lowest BCUT2D eigenvalue weighted by Crippen LogP contribution is -2.38. The Hall–Kier alpha value is -2.11. The molecule has 0 amide bonds. The molecular weight excluding hydrogens is 316 g/mol. The fourth-order valence-electron chi connectivity index (χ4n) is 3.07. The normalized spacial score (nSPS) is 17.2. The molecule has 126 valence electrons. The van der Waals surface area contributed by atoms with E-state index in [0.29, 0.717) is 6.04 Å². The zero-order valence-corrected chi connectivity index (χ0v) is 14.8. The average molecular weight is 340 g/mol. The van der Waals surface area contributed by atoms with Crippen LogP contribution in [0.4, 0.5) is 5.69 Å². The zero-order chi connectivity index (χ0) is 16.9. The summed E-state index contributed by atoms with van der Waals surface area (Å²) in [6.45, 7) is 7.96. The summed E-state index contributed by atoms with van der Waals surface area (Å²) >= 11 is 1.53. The number of allylic oxidation sites excluding steroid dienone is 1. The molecule has 1 saturated heterocycles. The molecular formula is C19H24N4S. The van der Waals surface area contributed by atoms with Gasteiger partial charge in [0, 0.05) is 23.1 Å². The number of benzene rings is 1. The van der Waals surface area contributed by atoms with Gasteiger partial charge in [0.15, 0.2) is 0 Å². The van der Waals surface area contributed by atoms with Crippen molar-refractivity contribution in [2.24, 2.45) is 5.73 Å². The van der Waals surface area contributed by atoms with Gasteiger partial charge in [0.1, 0.15) is 0 Å². The predicted octanol–water partition coefficient (Wildman–Crippen LogP) is 1.95. The highest BCUT2D eigenvalue weighted by Gasteiger charge is 2.14. The fourth-order valence-corrected chi connectivity index (χ4v) is 3.82. The molecule has 1 aromatic carbocycles. The standard InChI is InChI=1S/C19H24N4S/c1-3-4-14-10-15(19-9-13(2)23-24-19)11-18(17(14)12-20)22-16-5-7-21-8-6-16/h3-4,9-12,16,21-22H,1,5-8,20H2,2H3/b14-4-,17-12+. The van der Waals surface area contributed by atoms with Crippen molar-refractivity contribution in [1.29, 1.82) is 0 Å². The number of nitrogens with zero attached hydrogens (tertiary/aromatic N) is 1. The minimum absolute atomic E-state index is 0.472. The van der Waals surface area contributed by atoms with Crippen molar-refractivity contribution in [2.75, 3.05) is 18.4 Å². The van der Waals surface area contributed by atoms with E-state index in [4.69, 9.17) is 5.73 Å². The number of hydrogen-bond acceptors (Lipinski definition) is 5. The van der Waals surface area contributed by atoms with Crippen molar-refractivity contribution < 1.29 is 0 Å². The minimum atomic E-state index is 0.472. The summed E-state index contributed by atoms with van der Waals surface area (Å²) in [5.74, 6) is 0. The number of piperidine rings is 1. The number of aromatic nitrogens is 1. The van der Waals surface area contributed by atoms with Gasteiger partial charge in [-0.25, -0.2) is 0 Å². The first-order valence-corrected chi connectivity index (χ1v) is 9.08. The van der Waals surface area contributed by atoms with E-state index in [0.717, 1.165) is 53.3 Å². The third-order valence-corrected chi connectivity index (χ3v) is 5.22. The first-order chi connectivity index (χ1) is 11.7. The Balaban J connectivity index is 2.09. The molecule has 0 saturated carbocycles. The van der Waals surface area contributed by atoms with E-state index in [9.17, 15) is 0 Å². The summed E-state index contributed by atoms with van der Waals surface area (Å²) in [6.07, 6.45) is 7.73. The van der Waals surface area contributed by atoms with Crippen LogP contribution in [0.5, 0.6) is 0 Å². The van der Waals surface area contributed by atoms with Crippen LogP contribution in [0, 0.1) is 6.92 Å². The summed E-state index contributed by atoms with van der Waals surface area (Å²) in [5.41, 5.74) is 9.23. The number of nitrogens with two attached hydrogens (primary N) is 1. The van der Waals surface area contributed by atoms with Crippen LogP contribution in [0.25, 0.3) is 22.7 Å². The monoisotopic (exact) mass is 340 g/mol. The number of aryl methyl sites for hydroxylation is 1. The Kier molecular flexibility index (Phi) is 5.33. The van der Waals surface area contributed by atoms with Crippen LogP contribution in [0.3, 0.4) is 0 Å². The van der Waals surface area contributed by atoms with Gasteiger partial charge in [0.25, 0.3) is 0 Å². The molecule has 2 aromatic rings. The maximum Gasteiger partial charge on any atom is 0.0553 e. The van der Waals surface area contributed by atoms with Crippen LogP contribution < -0.4 is 26.8 Å². The largest absolute Gasteiger partial charge is 0.404 e. The van der Waals surface area contributed by atoms with Crippen molar-refractivity contribution in [3.05, 3.63) is 47.0 Å². The smallest absolute Gasteiger partial charge is 0.0553 e. The molecule has 1 aliphatic heterocycles. The van der Waals surface area contributed by atoms with E-state index < -0.39 is 0 Å². The van der Waals surface area contributed by atoms with E-state index in [1.54, 1.807) is 12.3 Å². The van der Waals surface area contributed by atoms with Gasteiger partial charge in [0.2, 0.25) is 0 Å². The molecule has 4 N–H and O–H groups in total.